The van der Waals surface area contributed by atoms with Crippen molar-refractivity contribution in [1.82, 2.24) is 0 Å². The highest BCUT2D eigenvalue weighted by molar-refractivity contribution is 5.80. The third kappa shape index (κ3) is 1.49. The molecular weight excluding hydrogens is 142 g/mol. The maximum Gasteiger partial charge on any atom is 0.237 e. The van der Waals surface area contributed by atoms with Crippen molar-refractivity contribution in [1.29, 1.82) is 0 Å². The minimum Gasteiger partial charge on any atom is -0.496 e. The monoisotopic (exact) mass is 150 g/mol. The van der Waals surface area contributed by atoms with Crippen molar-refractivity contribution in [3.05, 3.63) is 23.8 Å². The molecule has 0 aliphatic heterocycles. The summed E-state index contributed by atoms with van der Waals surface area (Å²) < 4.78 is 4.87. The molecule has 0 aliphatic carbocycles. The van der Waals surface area contributed by atoms with Crippen LogP contribution in [-0.2, 0) is 4.79 Å². The van der Waals surface area contributed by atoms with Gasteiger partial charge >= 0.3 is 0 Å². The normalized spacial score (nSPS) is 9.18. The summed E-state index contributed by atoms with van der Waals surface area (Å²) in [6, 6.07) is 4.78. The molecule has 11 heavy (non-hydrogen) atoms. The van der Waals surface area contributed by atoms with Gasteiger partial charge in [-0.05, 0) is 12.1 Å². The first-order valence-electron chi connectivity index (χ1n) is 3.09. The molecule has 0 atom stereocenters. The molecule has 0 fully saturated rings. The molecule has 0 bridgehead atoms. The van der Waals surface area contributed by atoms with E-state index in [1.54, 1.807) is 24.5 Å². The van der Waals surface area contributed by atoms with Crippen molar-refractivity contribution < 1.29 is 9.53 Å². The minimum absolute atomic E-state index is 0.390. The smallest absolute Gasteiger partial charge is 0.237 e. The van der Waals surface area contributed by atoms with E-state index in [0.29, 0.717) is 17.0 Å². The Morgan fingerprint density at radius 3 is 2.82 bits per heavy atom. The van der Waals surface area contributed by atoms with Crippen LogP contribution in [0.15, 0.2) is 18.2 Å². The van der Waals surface area contributed by atoms with Gasteiger partial charge in [-0.2, -0.15) is 0 Å². The molecule has 0 unspecified atom stereocenters. The molecule has 0 amide bonds. The predicted molar refractivity (Wildman–Crippen MR) is 42.2 cm³/mol. The van der Waals surface area contributed by atoms with Crippen molar-refractivity contribution >= 4 is 12.0 Å². The first-order valence-corrected chi connectivity index (χ1v) is 3.09. The zero-order valence-electron chi connectivity index (χ0n) is 6.13. The van der Waals surface area contributed by atoms with E-state index in [1.807, 2.05) is 0 Å². The Labute approximate surface area is 64.8 Å². The third-order valence-electron chi connectivity index (χ3n) is 1.34. The van der Waals surface area contributed by atoms with Gasteiger partial charge in [0.05, 0.1) is 12.7 Å². The zero-order valence-corrected chi connectivity index (χ0v) is 6.13. The van der Waals surface area contributed by atoms with Gasteiger partial charge in [0, 0.05) is 11.8 Å². The average molecular weight is 150 g/mol. The van der Waals surface area contributed by atoms with Crippen molar-refractivity contribution in [3.8, 4) is 5.75 Å². The molecule has 0 saturated carbocycles. The van der Waals surface area contributed by atoms with Crippen LogP contribution in [0.25, 0.3) is 0 Å². The molecule has 1 radical (unpaired) electrons. The second kappa shape index (κ2) is 3.05. The summed E-state index contributed by atoms with van der Waals surface area (Å²) in [6.07, 6.45) is 1.74. The van der Waals surface area contributed by atoms with E-state index >= 15 is 0 Å². The maximum atomic E-state index is 10.3. The molecule has 0 saturated heterocycles. The average Bonchev–Trinajstić information content (AvgIpc) is 2.04. The first-order chi connectivity index (χ1) is 5.27. The summed E-state index contributed by atoms with van der Waals surface area (Å²) in [5, 5.41) is 0. The van der Waals surface area contributed by atoms with Crippen LogP contribution >= 0.6 is 0 Å². The van der Waals surface area contributed by atoms with Gasteiger partial charge in [0.1, 0.15) is 5.75 Å². The topological polar surface area (TPSA) is 52.3 Å². The Bertz CT molecular complexity index is 271. The van der Waals surface area contributed by atoms with Crippen LogP contribution in [0, 0.1) is 0 Å². The number of ether oxygens (including phenoxy) is 1. The molecule has 2 N–H and O–H groups in total. The molecule has 1 aromatic rings. The fraction of sp³-hybridized carbons (Fsp3) is 0.125. The number of nitrogen functional groups attached to an aromatic ring is 1. The molecule has 57 valence electrons. The molecule has 0 heterocycles. The Hall–Kier alpha value is -1.51. The Morgan fingerprint density at radius 1 is 1.55 bits per heavy atom. The van der Waals surface area contributed by atoms with Crippen LogP contribution in [0.4, 0.5) is 5.69 Å². The zero-order chi connectivity index (χ0) is 8.27. The minimum atomic E-state index is 0.390. The standard InChI is InChI=1S/C8H8NO2/c1-11-8-4-7(9)3-2-6(8)5-10/h2-4H,9H2,1H3. The van der Waals surface area contributed by atoms with Crippen molar-refractivity contribution in [2.24, 2.45) is 0 Å². The predicted octanol–water partition coefficient (Wildman–Crippen LogP) is 0.735. The summed E-state index contributed by atoms with van der Waals surface area (Å²) >= 11 is 0. The number of hydrogen-bond acceptors (Lipinski definition) is 3. The lowest BCUT2D eigenvalue weighted by molar-refractivity contribution is 0.413. The molecule has 1 aromatic carbocycles. The van der Waals surface area contributed by atoms with Gasteiger partial charge < -0.3 is 10.5 Å². The molecule has 0 spiro atoms. The number of anilines is 1. The first kappa shape index (κ1) is 7.60. The molecule has 3 heteroatoms. The summed E-state index contributed by atoms with van der Waals surface area (Å²) in [7, 11) is 1.48. The third-order valence-corrected chi connectivity index (χ3v) is 1.34. The second-order valence-corrected chi connectivity index (χ2v) is 2.06. The molecule has 0 aliphatic rings. The van der Waals surface area contributed by atoms with Gasteiger partial charge in [-0.3, -0.25) is 4.79 Å². The van der Waals surface area contributed by atoms with Gasteiger partial charge in [-0.1, -0.05) is 0 Å². The summed E-state index contributed by atoms with van der Waals surface area (Å²) in [5.74, 6) is 0.458. The molecule has 0 aromatic heterocycles. The number of benzene rings is 1. The maximum absolute atomic E-state index is 10.3. The summed E-state index contributed by atoms with van der Waals surface area (Å²) in [5.41, 5.74) is 6.41. The molecule has 1 rings (SSSR count). The van der Waals surface area contributed by atoms with Crippen molar-refractivity contribution in [2.75, 3.05) is 12.8 Å². The second-order valence-electron chi connectivity index (χ2n) is 2.06. The van der Waals surface area contributed by atoms with E-state index in [9.17, 15) is 4.79 Å². The lowest BCUT2D eigenvalue weighted by Gasteiger charge is -2.02. The van der Waals surface area contributed by atoms with Crippen LogP contribution < -0.4 is 10.5 Å². The highest BCUT2D eigenvalue weighted by Crippen LogP contribution is 2.18. The number of rotatable bonds is 2. The van der Waals surface area contributed by atoms with Crippen molar-refractivity contribution in [3.63, 3.8) is 0 Å². The van der Waals surface area contributed by atoms with Gasteiger partial charge in [0.2, 0.25) is 6.29 Å². The summed E-state index contributed by atoms with van der Waals surface area (Å²) in [4.78, 5) is 10.3. The van der Waals surface area contributed by atoms with E-state index in [-0.39, 0.29) is 0 Å². The highest BCUT2D eigenvalue weighted by atomic mass is 16.5. The van der Waals surface area contributed by atoms with E-state index in [1.165, 1.54) is 7.11 Å². The Morgan fingerprint density at radius 2 is 2.27 bits per heavy atom. The summed E-state index contributed by atoms with van der Waals surface area (Å²) in [6.45, 7) is 0. The van der Waals surface area contributed by atoms with Crippen LogP contribution in [0.3, 0.4) is 0 Å². The Balaban J connectivity index is 3.16. The quantitative estimate of drug-likeness (QED) is 0.632. The number of nitrogens with two attached hydrogens (primary N) is 1. The van der Waals surface area contributed by atoms with Crippen LogP contribution in [-0.4, -0.2) is 13.4 Å². The van der Waals surface area contributed by atoms with E-state index in [2.05, 4.69) is 0 Å². The number of carbonyl (C=O) groups excluding carboxylic acids is 1. The van der Waals surface area contributed by atoms with Crippen LogP contribution in [0.5, 0.6) is 5.75 Å². The Kier molecular flexibility index (Phi) is 2.11. The van der Waals surface area contributed by atoms with Crippen LogP contribution in [0.1, 0.15) is 5.56 Å². The number of methoxy groups -OCH3 is 1. The molecule has 3 nitrogen and oxygen atoms in total. The van der Waals surface area contributed by atoms with Gasteiger partial charge in [-0.15, -0.1) is 0 Å². The van der Waals surface area contributed by atoms with Crippen LogP contribution in [0.2, 0.25) is 0 Å². The fourth-order valence-electron chi connectivity index (χ4n) is 0.792. The van der Waals surface area contributed by atoms with E-state index < -0.39 is 0 Å². The lowest BCUT2D eigenvalue weighted by Crippen LogP contribution is -1.92. The van der Waals surface area contributed by atoms with Gasteiger partial charge in [0.15, 0.2) is 0 Å². The van der Waals surface area contributed by atoms with E-state index in [4.69, 9.17) is 10.5 Å². The number of hydrogen-bond donors (Lipinski definition) is 1. The highest BCUT2D eigenvalue weighted by Gasteiger charge is 2.01. The largest absolute Gasteiger partial charge is 0.496 e. The van der Waals surface area contributed by atoms with Gasteiger partial charge in [-0.25, -0.2) is 0 Å². The van der Waals surface area contributed by atoms with E-state index in [0.717, 1.165) is 0 Å². The SMILES string of the molecule is COc1cc(N)ccc1[C]=O. The van der Waals surface area contributed by atoms with Crippen molar-refractivity contribution in [2.45, 2.75) is 0 Å². The lowest BCUT2D eigenvalue weighted by atomic mass is 10.2. The fourth-order valence-corrected chi connectivity index (χ4v) is 0.792. The van der Waals surface area contributed by atoms with Gasteiger partial charge in [0.25, 0.3) is 0 Å². The molecular formula is C8H8NO2.